The third-order valence-electron chi connectivity index (χ3n) is 3.59. The van der Waals surface area contributed by atoms with Gasteiger partial charge in [-0.05, 0) is 37.9 Å². The SMILES string of the molecule is CCNC(Cc1cnn(CC)c1)c1cc(CC)nn1C. The lowest BCUT2D eigenvalue weighted by Crippen LogP contribution is -2.25. The first-order valence-electron chi connectivity index (χ1n) is 7.45. The van der Waals surface area contributed by atoms with Crippen LogP contribution in [-0.4, -0.2) is 26.1 Å². The maximum atomic E-state index is 4.55. The van der Waals surface area contributed by atoms with Gasteiger partial charge in [-0.3, -0.25) is 9.36 Å². The molecule has 0 aliphatic carbocycles. The summed E-state index contributed by atoms with van der Waals surface area (Å²) in [5, 5.41) is 12.5. The van der Waals surface area contributed by atoms with Crippen LogP contribution in [0, 0.1) is 0 Å². The van der Waals surface area contributed by atoms with E-state index >= 15 is 0 Å². The van der Waals surface area contributed by atoms with Crippen molar-refractivity contribution in [1.29, 1.82) is 0 Å². The van der Waals surface area contributed by atoms with Crippen molar-refractivity contribution in [1.82, 2.24) is 24.9 Å². The Kier molecular flexibility index (Phi) is 4.95. The number of aromatic nitrogens is 4. The van der Waals surface area contributed by atoms with Crippen molar-refractivity contribution in [3.05, 3.63) is 35.4 Å². The van der Waals surface area contributed by atoms with Gasteiger partial charge in [0.2, 0.25) is 0 Å². The van der Waals surface area contributed by atoms with Gasteiger partial charge in [-0.25, -0.2) is 0 Å². The second kappa shape index (κ2) is 6.70. The van der Waals surface area contributed by atoms with Gasteiger partial charge in [-0.15, -0.1) is 0 Å². The molecule has 0 spiro atoms. The molecular weight excluding hydrogens is 250 g/mol. The van der Waals surface area contributed by atoms with E-state index in [9.17, 15) is 0 Å². The van der Waals surface area contributed by atoms with Gasteiger partial charge in [0.15, 0.2) is 0 Å². The van der Waals surface area contributed by atoms with Crippen molar-refractivity contribution in [2.24, 2.45) is 7.05 Å². The van der Waals surface area contributed by atoms with Gasteiger partial charge >= 0.3 is 0 Å². The Morgan fingerprint density at radius 2 is 2.10 bits per heavy atom. The molecule has 0 fully saturated rings. The summed E-state index contributed by atoms with van der Waals surface area (Å²) < 4.78 is 3.97. The standard InChI is InChI=1S/C15H25N5/c1-5-13-9-15(19(4)18-13)14(16-6-2)8-12-10-17-20(7-3)11-12/h9-11,14,16H,5-8H2,1-4H3. The van der Waals surface area contributed by atoms with Gasteiger partial charge in [-0.1, -0.05) is 13.8 Å². The van der Waals surface area contributed by atoms with Crippen LogP contribution in [0.1, 0.15) is 43.8 Å². The summed E-state index contributed by atoms with van der Waals surface area (Å²) in [6.45, 7) is 8.24. The smallest absolute Gasteiger partial charge is 0.0625 e. The lowest BCUT2D eigenvalue weighted by atomic mass is 10.1. The molecule has 1 unspecified atom stereocenters. The fourth-order valence-corrected chi connectivity index (χ4v) is 2.49. The third kappa shape index (κ3) is 3.28. The van der Waals surface area contributed by atoms with Crippen molar-refractivity contribution in [3.8, 4) is 0 Å². The second-order valence-corrected chi connectivity index (χ2v) is 5.06. The van der Waals surface area contributed by atoms with Gasteiger partial charge in [0.1, 0.15) is 0 Å². The third-order valence-corrected chi connectivity index (χ3v) is 3.59. The van der Waals surface area contributed by atoms with Gasteiger partial charge in [0.05, 0.1) is 23.6 Å². The highest BCUT2D eigenvalue weighted by Crippen LogP contribution is 2.19. The molecular formula is C15H25N5. The zero-order valence-corrected chi connectivity index (χ0v) is 12.9. The van der Waals surface area contributed by atoms with Crippen LogP contribution < -0.4 is 5.32 Å². The van der Waals surface area contributed by atoms with Crippen LogP contribution >= 0.6 is 0 Å². The molecule has 2 rings (SSSR count). The predicted molar refractivity (Wildman–Crippen MR) is 80.6 cm³/mol. The molecule has 5 nitrogen and oxygen atoms in total. The number of hydrogen-bond donors (Lipinski definition) is 1. The molecule has 1 N–H and O–H groups in total. The number of likely N-dealkylation sites (N-methyl/N-ethyl adjacent to an activating group) is 1. The highest BCUT2D eigenvalue weighted by atomic mass is 15.3. The molecule has 0 radical (unpaired) electrons. The quantitative estimate of drug-likeness (QED) is 0.841. The molecule has 0 aliphatic heterocycles. The number of nitrogens with zero attached hydrogens (tertiary/aromatic N) is 4. The lowest BCUT2D eigenvalue weighted by molar-refractivity contribution is 0.507. The van der Waals surface area contributed by atoms with Crippen LogP contribution in [-0.2, 0) is 26.4 Å². The first kappa shape index (κ1) is 14.8. The zero-order chi connectivity index (χ0) is 14.5. The van der Waals surface area contributed by atoms with Gasteiger partial charge in [0.25, 0.3) is 0 Å². The first-order chi connectivity index (χ1) is 9.67. The summed E-state index contributed by atoms with van der Waals surface area (Å²) in [6, 6.07) is 2.49. The predicted octanol–water partition coefficient (Wildman–Crippen LogP) is 2.09. The summed E-state index contributed by atoms with van der Waals surface area (Å²) in [7, 11) is 2.02. The van der Waals surface area contributed by atoms with E-state index in [-0.39, 0.29) is 6.04 Å². The zero-order valence-electron chi connectivity index (χ0n) is 12.9. The van der Waals surface area contributed by atoms with Gasteiger partial charge in [0, 0.05) is 19.8 Å². The Balaban J connectivity index is 2.19. The average molecular weight is 275 g/mol. The summed E-state index contributed by atoms with van der Waals surface area (Å²) >= 11 is 0. The van der Waals surface area contributed by atoms with Crippen molar-refractivity contribution < 1.29 is 0 Å². The second-order valence-electron chi connectivity index (χ2n) is 5.06. The monoisotopic (exact) mass is 275 g/mol. The highest BCUT2D eigenvalue weighted by Gasteiger charge is 2.17. The maximum Gasteiger partial charge on any atom is 0.0625 e. The van der Waals surface area contributed by atoms with Crippen molar-refractivity contribution in [3.63, 3.8) is 0 Å². The minimum Gasteiger partial charge on any atom is -0.309 e. The Hall–Kier alpha value is -1.62. The molecule has 5 heteroatoms. The van der Waals surface area contributed by atoms with E-state index in [4.69, 9.17) is 0 Å². The molecule has 1 atom stereocenters. The van der Waals surface area contributed by atoms with Crippen LogP contribution in [0.25, 0.3) is 0 Å². The number of aryl methyl sites for hydroxylation is 3. The van der Waals surface area contributed by atoms with E-state index in [1.54, 1.807) is 0 Å². The number of rotatable bonds is 7. The molecule has 0 saturated carbocycles. The molecule has 0 aliphatic rings. The molecule has 110 valence electrons. The number of nitrogens with one attached hydrogen (secondary N) is 1. The molecule has 0 amide bonds. The molecule has 0 saturated heterocycles. The summed E-state index contributed by atoms with van der Waals surface area (Å²) in [5.41, 5.74) is 3.65. The largest absolute Gasteiger partial charge is 0.309 e. The van der Waals surface area contributed by atoms with Crippen LogP contribution in [0.4, 0.5) is 0 Å². The van der Waals surface area contributed by atoms with Gasteiger partial charge < -0.3 is 5.32 Å². The van der Waals surface area contributed by atoms with Crippen molar-refractivity contribution in [2.45, 2.75) is 46.2 Å². The molecule has 0 aromatic carbocycles. The summed E-state index contributed by atoms with van der Waals surface area (Å²) in [5.74, 6) is 0. The minimum absolute atomic E-state index is 0.285. The Labute approximate surface area is 121 Å². The molecule has 2 aromatic rings. The Morgan fingerprint density at radius 1 is 1.30 bits per heavy atom. The van der Waals surface area contributed by atoms with Crippen LogP contribution in [0.5, 0.6) is 0 Å². The molecule has 2 aromatic heterocycles. The molecule has 20 heavy (non-hydrogen) atoms. The van der Waals surface area contributed by atoms with Crippen LogP contribution in [0.2, 0.25) is 0 Å². The van der Waals surface area contributed by atoms with Crippen LogP contribution in [0.3, 0.4) is 0 Å². The fourth-order valence-electron chi connectivity index (χ4n) is 2.49. The fraction of sp³-hybridized carbons (Fsp3) is 0.600. The highest BCUT2D eigenvalue weighted by molar-refractivity contribution is 5.18. The topological polar surface area (TPSA) is 47.7 Å². The first-order valence-corrected chi connectivity index (χ1v) is 7.45. The van der Waals surface area contributed by atoms with Gasteiger partial charge in [-0.2, -0.15) is 10.2 Å². The van der Waals surface area contributed by atoms with E-state index in [2.05, 4.69) is 48.5 Å². The van der Waals surface area contributed by atoms with E-state index in [1.165, 1.54) is 11.3 Å². The summed E-state index contributed by atoms with van der Waals surface area (Å²) in [4.78, 5) is 0. The number of hydrogen-bond acceptors (Lipinski definition) is 3. The maximum absolute atomic E-state index is 4.55. The van der Waals surface area contributed by atoms with E-state index < -0.39 is 0 Å². The van der Waals surface area contributed by atoms with E-state index in [0.29, 0.717) is 0 Å². The minimum atomic E-state index is 0.285. The normalized spacial score (nSPS) is 12.8. The average Bonchev–Trinajstić information content (AvgIpc) is 3.04. The van der Waals surface area contributed by atoms with Crippen molar-refractivity contribution >= 4 is 0 Å². The van der Waals surface area contributed by atoms with E-state index in [0.717, 1.165) is 31.6 Å². The Bertz CT molecular complexity index is 540. The summed E-state index contributed by atoms with van der Waals surface area (Å²) in [6.07, 6.45) is 6.00. The lowest BCUT2D eigenvalue weighted by Gasteiger charge is -2.17. The van der Waals surface area contributed by atoms with Crippen LogP contribution in [0.15, 0.2) is 18.5 Å². The molecule has 0 bridgehead atoms. The Morgan fingerprint density at radius 3 is 2.65 bits per heavy atom. The van der Waals surface area contributed by atoms with Crippen molar-refractivity contribution in [2.75, 3.05) is 6.54 Å². The van der Waals surface area contributed by atoms with E-state index in [1.807, 2.05) is 22.6 Å². The molecule has 2 heterocycles.